The number of benzene rings is 1. The lowest BCUT2D eigenvalue weighted by Gasteiger charge is -2.25. The maximum atomic E-state index is 11.4. The number of primary amides is 1. The molecule has 5 N–H and O–H groups in total. The zero-order chi connectivity index (χ0) is 13.5. The number of nitrogen functional groups attached to an aromatic ring is 1. The van der Waals surface area contributed by atoms with Crippen LogP contribution in [0.25, 0.3) is 0 Å². The maximum Gasteiger partial charge on any atom is 0.250 e. The molecule has 1 aromatic rings. The van der Waals surface area contributed by atoms with Crippen molar-refractivity contribution in [2.75, 3.05) is 44.0 Å². The Morgan fingerprint density at radius 3 is 2.72 bits per heavy atom. The minimum absolute atomic E-state index is 0.0215. The first-order valence-electron chi connectivity index (χ1n) is 5.64. The molecule has 0 aliphatic rings. The molecule has 0 aromatic heterocycles. The number of nitrogens with zero attached hydrogens (tertiary/aromatic N) is 1. The van der Waals surface area contributed by atoms with Crippen molar-refractivity contribution in [2.45, 2.75) is 0 Å². The zero-order valence-electron chi connectivity index (χ0n) is 10.4. The van der Waals surface area contributed by atoms with E-state index in [9.17, 15) is 4.79 Å². The van der Waals surface area contributed by atoms with E-state index >= 15 is 0 Å². The minimum Gasteiger partial charge on any atom is -0.399 e. The first-order valence-corrected chi connectivity index (χ1v) is 5.64. The quantitative estimate of drug-likeness (QED) is 0.585. The van der Waals surface area contributed by atoms with E-state index < -0.39 is 5.91 Å². The number of nitrogens with two attached hydrogens (primary N) is 2. The molecule has 0 aliphatic carbocycles. The molecule has 0 unspecified atom stereocenters. The van der Waals surface area contributed by atoms with E-state index in [1.807, 2.05) is 4.90 Å². The molecule has 0 spiro atoms. The number of anilines is 2. The van der Waals surface area contributed by atoms with Crippen molar-refractivity contribution in [3.05, 3.63) is 23.8 Å². The van der Waals surface area contributed by atoms with Crippen LogP contribution in [0.4, 0.5) is 11.4 Å². The van der Waals surface area contributed by atoms with Crippen molar-refractivity contribution in [3.63, 3.8) is 0 Å². The van der Waals surface area contributed by atoms with Crippen molar-refractivity contribution in [1.82, 2.24) is 0 Å². The summed E-state index contributed by atoms with van der Waals surface area (Å²) in [4.78, 5) is 13.2. The SMILES string of the molecule is COCCN(CCO)c1ccc(N)cc1C(N)=O. The lowest BCUT2D eigenvalue weighted by molar-refractivity contribution is 0.100. The molecule has 0 atom stereocenters. The molecule has 0 heterocycles. The summed E-state index contributed by atoms with van der Waals surface area (Å²) < 4.78 is 5.00. The fraction of sp³-hybridized carbons (Fsp3) is 0.417. The van der Waals surface area contributed by atoms with Gasteiger partial charge in [-0.05, 0) is 18.2 Å². The average molecular weight is 253 g/mol. The number of hydrogen-bond acceptors (Lipinski definition) is 5. The highest BCUT2D eigenvalue weighted by atomic mass is 16.5. The summed E-state index contributed by atoms with van der Waals surface area (Å²) in [7, 11) is 1.59. The third-order valence-electron chi connectivity index (χ3n) is 2.56. The van der Waals surface area contributed by atoms with Gasteiger partial charge in [0, 0.05) is 31.6 Å². The second-order valence-electron chi connectivity index (χ2n) is 3.84. The van der Waals surface area contributed by atoms with Crippen molar-refractivity contribution in [2.24, 2.45) is 5.73 Å². The molecule has 0 fully saturated rings. The number of amides is 1. The first-order chi connectivity index (χ1) is 8.60. The van der Waals surface area contributed by atoms with E-state index in [1.165, 1.54) is 6.07 Å². The van der Waals surface area contributed by atoms with Gasteiger partial charge in [-0.1, -0.05) is 0 Å². The van der Waals surface area contributed by atoms with Gasteiger partial charge in [-0.2, -0.15) is 0 Å². The number of carbonyl (C=O) groups excluding carboxylic acids is 1. The first kappa shape index (κ1) is 14.3. The van der Waals surface area contributed by atoms with Gasteiger partial charge in [-0.15, -0.1) is 0 Å². The topological polar surface area (TPSA) is 102 Å². The second-order valence-corrected chi connectivity index (χ2v) is 3.84. The standard InChI is InChI=1S/C12H19N3O3/c1-18-7-5-15(4-6-16)11-3-2-9(13)8-10(11)12(14)17/h2-3,8,16H,4-7,13H2,1H3,(H2,14,17). The molecule has 18 heavy (non-hydrogen) atoms. The molecule has 6 heteroatoms. The number of aliphatic hydroxyl groups excluding tert-OH is 1. The Morgan fingerprint density at radius 1 is 1.44 bits per heavy atom. The van der Waals surface area contributed by atoms with E-state index in [0.29, 0.717) is 36.6 Å². The van der Waals surface area contributed by atoms with Crippen LogP contribution in [0.5, 0.6) is 0 Å². The molecule has 100 valence electrons. The van der Waals surface area contributed by atoms with Gasteiger partial charge in [0.05, 0.1) is 18.8 Å². The molecule has 1 amide bonds. The van der Waals surface area contributed by atoms with Crippen LogP contribution in [0.1, 0.15) is 10.4 Å². The number of carbonyl (C=O) groups is 1. The molecular formula is C12H19N3O3. The third kappa shape index (κ3) is 3.61. The van der Waals surface area contributed by atoms with E-state index in [2.05, 4.69) is 0 Å². The maximum absolute atomic E-state index is 11.4. The zero-order valence-corrected chi connectivity index (χ0v) is 10.4. The number of rotatable bonds is 7. The predicted octanol–water partition coefficient (Wildman–Crippen LogP) is -0.187. The van der Waals surface area contributed by atoms with Gasteiger partial charge in [0.2, 0.25) is 0 Å². The van der Waals surface area contributed by atoms with Crippen LogP contribution in [-0.4, -0.2) is 44.4 Å². The van der Waals surface area contributed by atoms with Crippen LogP contribution in [0.15, 0.2) is 18.2 Å². The van der Waals surface area contributed by atoms with Crippen molar-refractivity contribution in [1.29, 1.82) is 0 Å². The van der Waals surface area contributed by atoms with E-state index in [0.717, 1.165) is 0 Å². The Balaban J connectivity index is 3.05. The molecule has 0 aliphatic heterocycles. The van der Waals surface area contributed by atoms with Crippen LogP contribution in [0, 0.1) is 0 Å². The third-order valence-corrected chi connectivity index (χ3v) is 2.56. The summed E-state index contributed by atoms with van der Waals surface area (Å²) in [5.41, 5.74) is 12.4. The summed E-state index contributed by atoms with van der Waals surface area (Å²) in [6, 6.07) is 4.95. The van der Waals surface area contributed by atoms with Crippen molar-refractivity contribution in [3.8, 4) is 0 Å². The second kappa shape index (κ2) is 6.83. The van der Waals surface area contributed by atoms with Gasteiger partial charge in [-0.3, -0.25) is 4.79 Å². The lowest BCUT2D eigenvalue weighted by Crippen LogP contribution is -2.32. The Kier molecular flexibility index (Phi) is 5.41. The monoisotopic (exact) mass is 253 g/mol. The van der Waals surface area contributed by atoms with Gasteiger partial charge in [0.15, 0.2) is 0 Å². The number of methoxy groups -OCH3 is 1. The smallest absolute Gasteiger partial charge is 0.250 e. The Hall–Kier alpha value is -1.79. The summed E-state index contributed by atoms with van der Waals surface area (Å²) >= 11 is 0. The lowest BCUT2D eigenvalue weighted by atomic mass is 10.1. The van der Waals surface area contributed by atoms with Crippen LogP contribution < -0.4 is 16.4 Å². The Morgan fingerprint density at radius 2 is 2.17 bits per heavy atom. The van der Waals surface area contributed by atoms with E-state index in [4.69, 9.17) is 21.3 Å². The van der Waals surface area contributed by atoms with Crippen molar-refractivity contribution < 1.29 is 14.6 Å². The van der Waals surface area contributed by atoms with Crippen molar-refractivity contribution >= 4 is 17.3 Å². The summed E-state index contributed by atoms with van der Waals surface area (Å²) in [6.07, 6.45) is 0. The molecule has 0 saturated heterocycles. The largest absolute Gasteiger partial charge is 0.399 e. The molecular weight excluding hydrogens is 234 g/mol. The molecule has 0 bridgehead atoms. The minimum atomic E-state index is -0.544. The fourth-order valence-corrected chi connectivity index (χ4v) is 1.70. The van der Waals surface area contributed by atoms with Crippen LogP contribution in [0.2, 0.25) is 0 Å². The number of ether oxygens (including phenoxy) is 1. The molecule has 6 nitrogen and oxygen atoms in total. The number of hydrogen-bond donors (Lipinski definition) is 3. The van der Waals surface area contributed by atoms with Crippen LogP contribution >= 0.6 is 0 Å². The fourth-order valence-electron chi connectivity index (χ4n) is 1.70. The Bertz CT molecular complexity index is 410. The highest BCUT2D eigenvalue weighted by molar-refractivity contribution is 5.99. The highest BCUT2D eigenvalue weighted by Crippen LogP contribution is 2.22. The molecule has 1 aromatic carbocycles. The average Bonchev–Trinajstić information content (AvgIpc) is 2.34. The number of aliphatic hydroxyl groups is 1. The van der Waals surface area contributed by atoms with E-state index in [-0.39, 0.29) is 6.61 Å². The van der Waals surface area contributed by atoms with Gasteiger partial charge in [0.25, 0.3) is 5.91 Å². The normalized spacial score (nSPS) is 10.3. The van der Waals surface area contributed by atoms with Gasteiger partial charge in [-0.25, -0.2) is 0 Å². The predicted molar refractivity (Wildman–Crippen MR) is 70.5 cm³/mol. The van der Waals surface area contributed by atoms with Crippen LogP contribution in [0.3, 0.4) is 0 Å². The highest BCUT2D eigenvalue weighted by Gasteiger charge is 2.14. The van der Waals surface area contributed by atoms with Gasteiger partial charge in [0.1, 0.15) is 0 Å². The molecule has 0 saturated carbocycles. The molecule has 0 radical (unpaired) electrons. The van der Waals surface area contributed by atoms with Crippen LogP contribution in [-0.2, 0) is 4.74 Å². The summed E-state index contributed by atoms with van der Waals surface area (Å²) in [5, 5.41) is 9.06. The van der Waals surface area contributed by atoms with Gasteiger partial charge < -0.3 is 26.2 Å². The Labute approximate surface area is 106 Å². The molecule has 1 rings (SSSR count). The van der Waals surface area contributed by atoms with Gasteiger partial charge >= 0.3 is 0 Å². The summed E-state index contributed by atoms with van der Waals surface area (Å²) in [5.74, 6) is -0.544. The van der Waals surface area contributed by atoms with E-state index in [1.54, 1.807) is 19.2 Å². The summed E-state index contributed by atoms with van der Waals surface area (Å²) in [6.45, 7) is 1.42.